The Kier molecular flexibility index (Phi) is 11.2. The van der Waals surface area contributed by atoms with E-state index < -0.39 is 24.3 Å². The number of aliphatic hydroxyl groups excluding tert-OH is 1. The van der Waals surface area contributed by atoms with Crippen molar-refractivity contribution in [2.45, 2.75) is 26.1 Å². The molecule has 0 aliphatic carbocycles. The fraction of sp³-hybridized carbons (Fsp3) is 0.321. The second kappa shape index (κ2) is 14.8. The van der Waals surface area contributed by atoms with Crippen LogP contribution in [0, 0.1) is 0 Å². The molecule has 0 saturated carbocycles. The van der Waals surface area contributed by atoms with Crippen molar-refractivity contribution in [3.8, 4) is 23.0 Å². The molecule has 0 unspecified atom stereocenters. The molecule has 0 radical (unpaired) electrons. The summed E-state index contributed by atoms with van der Waals surface area (Å²) >= 11 is 6.30. The van der Waals surface area contributed by atoms with Gasteiger partial charge in [-0.15, -0.1) is 0 Å². The van der Waals surface area contributed by atoms with Gasteiger partial charge in [-0.1, -0.05) is 30.3 Å². The lowest BCUT2D eigenvalue weighted by Crippen LogP contribution is -2.45. The minimum Gasteiger partial charge on any atom is -0.493 e. The number of aliphatic hydroxyl groups is 1. The lowest BCUT2D eigenvalue weighted by molar-refractivity contribution is -0.136. The van der Waals surface area contributed by atoms with Crippen LogP contribution in [0.2, 0.25) is 5.02 Å². The Bertz CT molecular complexity index is 1330. The Morgan fingerprint density at radius 2 is 1.98 bits per heavy atom. The summed E-state index contributed by atoms with van der Waals surface area (Å²) in [6.07, 6.45) is 1.88. The number of halogens is 1. The van der Waals surface area contributed by atoms with Gasteiger partial charge in [0.15, 0.2) is 29.2 Å². The quantitative estimate of drug-likeness (QED) is 0.0856. The molecule has 0 spiro atoms. The van der Waals surface area contributed by atoms with Crippen LogP contribution < -0.4 is 35.0 Å². The van der Waals surface area contributed by atoms with Gasteiger partial charge in [-0.25, -0.2) is 9.59 Å². The fourth-order valence-electron chi connectivity index (χ4n) is 3.92. The number of hydrazone groups is 1. The summed E-state index contributed by atoms with van der Waals surface area (Å²) in [5, 5.41) is 20.0. The van der Waals surface area contributed by atoms with E-state index in [1.54, 1.807) is 50.3 Å². The highest BCUT2D eigenvalue weighted by molar-refractivity contribution is 6.32. The zero-order valence-corrected chi connectivity index (χ0v) is 23.9. The van der Waals surface area contributed by atoms with Gasteiger partial charge in [0.2, 0.25) is 0 Å². The Morgan fingerprint density at radius 3 is 2.66 bits per heavy atom. The molecule has 2 aromatic carbocycles. The predicted octanol–water partition coefficient (Wildman–Crippen LogP) is 3.43. The van der Waals surface area contributed by atoms with E-state index in [-0.39, 0.29) is 18.8 Å². The fourth-order valence-corrected chi connectivity index (χ4v) is 4.19. The highest BCUT2D eigenvalue weighted by Gasteiger charge is 2.32. The standard InChI is InChI=1S/C28H33ClN4O8/c1-6-10-40-26-19(29)11-17(12-22(26)37-4)14-30-33-23(34)15-41-20-9-8-18(13-21(20)39-7-2)25-24(27(35)38-5)16(3)31-28(36)32-25/h6,8-9,11-14,23,25,33-34H,1,7,10,15H2,2-5H3,(H2,31,32,36)/b30-14-/t23-,25+/m0/s1. The summed E-state index contributed by atoms with van der Waals surface area (Å²) in [5.41, 5.74) is 4.41. The summed E-state index contributed by atoms with van der Waals surface area (Å²) in [4.78, 5) is 24.5. The summed E-state index contributed by atoms with van der Waals surface area (Å²) in [6, 6.07) is 7.07. The summed E-state index contributed by atoms with van der Waals surface area (Å²) in [5.74, 6) is 0.929. The van der Waals surface area contributed by atoms with Gasteiger partial charge in [-0.3, -0.25) is 5.43 Å². The van der Waals surface area contributed by atoms with Crippen LogP contribution in [0.5, 0.6) is 23.0 Å². The van der Waals surface area contributed by atoms with Crippen molar-refractivity contribution in [1.82, 2.24) is 16.1 Å². The van der Waals surface area contributed by atoms with Crippen LogP contribution in [0.3, 0.4) is 0 Å². The molecular formula is C28H33ClN4O8. The third-order valence-corrected chi connectivity index (χ3v) is 5.99. The normalized spacial score (nSPS) is 15.5. The number of carbonyl (C=O) groups excluding carboxylic acids is 2. The van der Waals surface area contributed by atoms with Gasteiger partial charge in [0.05, 0.1) is 43.7 Å². The van der Waals surface area contributed by atoms with Gasteiger partial charge >= 0.3 is 12.0 Å². The zero-order valence-electron chi connectivity index (χ0n) is 23.2. The molecule has 1 aliphatic heterocycles. The Morgan fingerprint density at radius 1 is 1.20 bits per heavy atom. The van der Waals surface area contributed by atoms with Gasteiger partial charge in [0.1, 0.15) is 13.2 Å². The third-order valence-electron chi connectivity index (χ3n) is 5.71. The van der Waals surface area contributed by atoms with Crippen LogP contribution in [-0.2, 0) is 9.53 Å². The number of nitrogens with one attached hydrogen (secondary N) is 3. The molecule has 2 aromatic rings. The summed E-state index contributed by atoms with van der Waals surface area (Å²) < 4.78 is 27.3. The molecule has 1 aliphatic rings. The van der Waals surface area contributed by atoms with E-state index in [1.807, 2.05) is 0 Å². The maximum Gasteiger partial charge on any atom is 0.337 e. The number of ether oxygens (including phenoxy) is 5. The monoisotopic (exact) mass is 588 g/mol. The van der Waals surface area contributed by atoms with E-state index in [2.05, 4.69) is 27.7 Å². The number of rotatable bonds is 14. The van der Waals surface area contributed by atoms with Crippen molar-refractivity contribution < 1.29 is 38.4 Å². The second-order valence-electron chi connectivity index (χ2n) is 8.55. The zero-order chi connectivity index (χ0) is 29.9. The maximum absolute atomic E-state index is 12.4. The predicted molar refractivity (Wildman–Crippen MR) is 153 cm³/mol. The number of nitrogens with zero attached hydrogens (tertiary/aromatic N) is 1. The molecule has 0 saturated heterocycles. The molecule has 0 aromatic heterocycles. The van der Waals surface area contributed by atoms with Crippen molar-refractivity contribution in [3.05, 3.63) is 70.4 Å². The summed E-state index contributed by atoms with van der Waals surface area (Å²) in [6.45, 7) is 7.45. The van der Waals surface area contributed by atoms with Gasteiger partial charge in [-0.05, 0) is 49.2 Å². The molecule has 3 rings (SSSR count). The number of methoxy groups -OCH3 is 2. The first-order chi connectivity index (χ1) is 19.7. The van der Waals surface area contributed by atoms with E-state index in [1.165, 1.54) is 20.4 Å². The highest BCUT2D eigenvalue weighted by atomic mass is 35.5. The van der Waals surface area contributed by atoms with Crippen molar-refractivity contribution in [1.29, 1.82) is 0 Å². The van der Waals surface area contributed by atoms with Gasteiger partial charge in [0.25, 0.3) is 0 Å². The smallest absolute Gasteiger partial charge is 0.337 e. The molecule has 0 bridgehead atoms. The highest BCUT2D eigenvalue weighted by Crippen LogP contribution is 2.36. The maximum atomic E-state index is 12.4. The van der Waals surface area contributed by atoms with Gasteiger partial charge in [-0.2, -0.15) is 5.10 Å². The number of esters is 1. The van der Waals surface area contributed by atoms with Crippen LogP contribution in [0.25, 0.3) is 0 Å². The lowest BCUT2D eigenvalue weighted by Gasteiger charge is -2.28. The van der Waals surface area contributed by atoms with Crippen LogP contribution >= 0.6 is 11.6 Å². The molecular weight excluding hydrogens is 556 g/mol. The second-order valence-corrected chi connectivity index (χ2v) is 8.96. The number of benzene rings is 2. The number of allylic oxidation sites excluding steroid dienone is 1. The van der Waals surface area contributed by atoms with E-state index >= 15 is 0 Å². The average Bonchev–Trinajstić information content (AvgIpc) is 2.95. The minimum absolute atomic E-state index is 0.175. The van der Waals surface area contributed by atoms with Crippen LogP contribution in [-0.4, -0.2) is 63.6 Å². The van der Waals surface area contributed by atoms with Crippen molar-refractivity contribution in [2.24, 2.45) is 5.10 Å². The Labute approximate surface area is 242 Å². The topological polar surface area (TPSA) is 149 Å². The SMILES string of the molecule is C=CCOc1c(Cl)cc(/C=N\N[C@@H](O)COc2ccc([C@H]3NC(=O)NC(C)=C3C(=O)OC)cc2OCC)cc1OC. The van der Waals surface area contributed by atoms with Gasteiger partial charge in [0, 0.05) is 5.70 Å². The van der Waals surface area contributed by atoms with Crippen LogP contribution in [0.1, 0.15) is 31.0 Å². The number of amides is 2. The molecule has 41 heavy (non-hydrogen) atoms. The number of hydrogen-bond acceptors (Lipinski definition) is 10. The number of carbonyl (C=O) groups is 2. The first-order valence-electron chi connectivity index (χ1n) is 12.6. The Balaban J connectivity index is 1.69. The van der Waals surface area contributed by atoms with Crippen molar-refractivity contribution in [2.75, 3.05) is 34.0 Å². The van der Waals surface area contributed by atoms with E-state index in [9.17, 15) is 14.7 Å². The van der Waals surface area contributed by atoms with Gasteiger partial charge < -0.3 is 39.4 Å². The first-order valence-corrected chi connectivity index (χ1v) is 12.9. The largest absolute Gasteiger partial charge is 0.493 e. The third kappa shape index (κ3) is 8.05. The Hall–Kier alpha value is -4.42. The average molecular weight is 589 g/mol. The van der Waals surface area contributed by atoms with E-state index in [4.69, 9.17) is 35.3 Å². The molecule has 2 amide bonds. The minimum atomic E-state index is -1.17. The number of urea groups is 1. The number of hydrogen-bond donors (Lipinski definition) is 4. The molecule has 13 heteroatoms. The molecule has 1 heterocycles. The van der Waals surface area contributed by atoms with E-state index in [0.29, 0.717) is 51.5 Å². The van der Waals surface area contributed by atoms with Crippen LogP contribution in [0.15, 0.2) is 59.4 Å². The summed E-state index contributed by atoms with van der Waals surface area (Å²) in [7, 11) is 2.76. The van der Waals surface area contributed by atoms with Crippen molar-refractivity contribution in [3.63, 3.8) is 0 Å². The molecule has 2 atom stereocenters. The molecule has 4 N–H and O–H groups in total. The van der Waals surface area contributed by atoms with Crippen molar-refractivity contribution >= 4 is 29.8 Å². The van der Waals surface area contributed by atoms with E-state index in [0.717, 1.165) is 0 Å². The van der Waals surface area contributed by atoms with Crippen LogP contribution in [0.4, 0.5) is 4.79 Å². The molecule has 0 fully saturated rings. The molecule has 220 valence electrons. The molecule has 12 nitrogen and oxygen atoms in total. The lowest BCUT2D eigenvalue weighted by atomic mass is 9.95. The first kappa shape index (κ1) is 31.1.